The van der Waals surface area contributed by atoms with Gasteiger partial charge < -0.3 is 10.2 Å². The molecule has 2 aromatic heterocycles. The predicted molar refractivity (Wildman–Crippen MR) is 117 cm³/mol. The van der Waals surface area contributed by atoms with E-state index < -0.39 is 0 Å². The summed E-state index contributed by atoms with van der Waals surface area (Å²) in [7, 11) is 2.18. The number of benzene rings is 1. The van der Waals surface area contributed by atoms with Crippen LogP contribution in [0.25, 0.3) is 10.6 Å². The minimum atomic E-state index is -0.125. The van der Waals surface area contributed by atoms with E-state index in [0.717, 1.165) is 54.0 Å². The van der Waals surface area contributed by atoms with Gasteiger partial charge in [-0.15, -0.1) is 21.5 Å². The molecule has 0 radical (unpaired) electrons. The van der Waals surface area contributed by atoms with Crippen molar-refractivity contribution >= 4 is 33.7 Å². The van der Waals surface area contributed by atoms with Crippen molar-refractivity contribution in [2.24, 2.45) is 0 Å². The monoisotopic (exact) mass is 428 g/mol. The Morgan fingerprint density at radius 2 is 1.90 bits per heavy atom. The molecule has 3 aromatic rings. The van der Waals surface area contributed by atoms with Crippen LogP contribution in [-0.4, -0.2) is 64.1 Å². The normalized spacial score (nSPS) is 15.5. The molecule has 1 N–H and O–H groups in total. The smallest absolute Gasteiger partial charge is 0.232 e. The number of amides is 1. The molecule has 29 heavy (non-hydrogen) atoms. The first-order valence-corrected chi connectivity index (χ1v) is 11.3. The van der Waals surface area contributed by atoms with Crippen LogP contribution in [0.2, 0.25) is 0 Å². The highest BCUT2D eigenvalue weighted by Gasteiger charge is 2.14. The zero-order chi connectivity index (χ0) is 20.2. The van der Waals surface area contributed by atoms with Gasteiger partial charge in [0.2, 0.25) is 11.0 Å². The molecule has 152 valence electrons. The van der Waals surface area contributed by atoms with Gasteiger partial charge >= 0.3 is 0 Å². The summed E-state index contributed by atoms with van der Waals surface area (Å²) in [6.45, 7) is 7.34. The molecule has 4 rings (SSSR count). The lowest BCUT2D eigenvalue weighted by atomic mass is 10.1. The summed E-state index contributed by atoms with van der Waals surface area (Å²) >= 11 is 2.93. The Balaban J connectivity index is 1.33. The van der Waals surface area contributed by atoms with Crippen LogP contribution in [0.4, 0.5) is 5.13 Å². The summed E-state index contributed by atoms with van der Waals surface area (Å²) < 4.78 is 0. The highest BCUT2D eigenvalue weighted by Crippen LogP contribution is 2.25. The summed E-state index contributed by atoms with van der Waals surface area (Å²) in [4.78, 5) is 21.7. The van der Waals surface area contributed by atoms with Gasteiger partial charge in [-0.2, -0.15) is 0 Å². The zero-order valence-electron chi connectivity index (χ0n) is 16.6. The number of thiazole rings is 1. The number of aromatic nitrogens is 3. The van der Waals surface area contributed by atoms with Crippen LogP contribution >= 0.6 is 22.7 Å². The van der Waals surface area contributed by atoms with Crippen molar-refractivity contribution in [1.82, 2.24) is 25.0 Å². The maximum absolute atomic E-state index is 12.2. The fraction of sp³-hybridized carbons (Fsp3) is 0.400. The van der Waals surface area contributed by atoms with Gasteiger partial charge in [0, 0.05) is 43.7 Å². The molecular formula is C20H24N6OS2. The quantitative estimate of drug-likeness (QED) is 0.651. The molecule has 1 fully saturated rings. The Bertz CT molecular complexity index is 960. The summed E-state index contributed by atoms with van der Waals surface area (Å²) in [5.74, 6) is -0.125. The lowest BCUT2D eigenvalue weighted by molar-refractivity contribution is -0.115. The lowest BCUT2D eigenvalue weighted by Gasteiger charge is -2.32. The van der Waals surface area contributed by atoms with Crippen molar-refractivity contribution in [2.75, 3.05) is 38.5 Å². The van der Waals surface area contributed by atoms with Crippen LogP contribution in [0.3, 0.4) is 0 Å². The SMILES string of the molecule is Cc1nnc(NC(=O)Cc2csc(-c3ccc(CN4CCN(C)CC4)cc3)n2)s1. The number of hydrogen-bond acceptors (Lipinski definition) is 8. The van der Waals surface area contributed by atoms with Gasteiger partial charge in [0.15, 0.2) is 0 Å². The van der Waals surface area contributed by atoms with Gasteiger partial charge in [-0.05, 0) is 19.5 Å². The number of rotatable bonds is 6. The number of carbonyl (C=O) groups excluding carboxylic acids is 1. The third-order valence-corrected chi connectivity index (χ3v) is 6.56. The van der Waals surface area contributed by atoms with Crippen molar-refractivity contribution < 1.29 is 4.79 Å². The number of nitrogens with one attached hydrogen (secondary N) is 1. The minimum Gasteiger partial charge on any atom is -0.304 e. The first-order chi connectivity index (χ1) is 14.0. The highest BCUT2D eigenvalue weighted by atomic mass is 32.1. The van der Waals surface area contributed by atoms with E-state index in [0.29, 0.717) is 5.13 Å². The third kappa shape index (κ3) is 5.45. The molecule has 3 heterocycles. The molecular weight excluding hydrogens is 404 g/mol. The minimum absolute atomic E-state index is 0.125. The molecule has 0 saturated carbocycles. The second-order valence-corrected chi connectivity index (χ2v) is 9.31. The van der Waals surface area contributed by atoms with Gasteiger partial charge in [0.25, 0.3) is 0 Å². The molecule has 9 heteroatoms. The van der Waals surface area contributed by atoms with E-state index >= 15 is 0 Å². The third-order valence-electron chi connectivity index (χ3n) is 4.87. The fourth-order valence-electron chi connectivity index (χ4n) is 3.21. The Labute approximate surface area is 178 Å². The highest BCUT2D eigenvalue weighted by molar-refractivity contribution is 7.15. The predicted octanol–water partition coefficient (Wildman–Crippen LogP) is 2.90. The molecule has 7 nitrogen and oxygen atoms in total. The van der Waals surface area contributed by atoms with E-state index in [2.05, 4.69) is 61.6 Å². The van der Waals surface area contributed by atoms with Crippen molar-refractivity contribution in [3.05, 3.63) is 45.9 Å². The van der Waals surface area contributed by atoms with Crippen molar-refractivity contribution in [3.63, 3.8) is 0 Å². The van der Waals surface area contributed by atoms with Gasteiger partial charge in [-0.3, -0.25) is 9.69 Å². The number of carbonyl (C=O) groups is 1. The summed E-state index contributed by atoms with van der Waals surface area (Å²) in [5.41, 5.74) is 3.18. The Morgan fingerprint density at radius 1 is 1.14 bits per heavy atom. The number of hydrogen-bond donors (Lipinski definition) is 1. The standard InChI is InChI=1S/C20H24N6OS2/c1-14-23-24-20(29-14)22-18(27)11-17-13-28-19(21-17)16-5-3-15(4-6-16)12-26-9-7-25(2)8-10-26/h3-6,13H,7-12H2,1-2H3,(H,22,24,27). The second kappa shape index (κ2) is 9.08. The first-order valence-electron chi connectivity index (χ1n) is 9.60. The Hall–Kier alpha value is -2.20. The molecule has 1 aliphatic rings. The molecule has 1 aromatic carbocycles. The molecule has 0 bridgehead atoms. The maximum atomic E-state index is 12.2. The van der Waals surface area contributed by atoms with Gasteiger partial charge in [-0.1, -0.05) is 35.6 Å². The average Bonchev–Trinajstić information content (AvgIpc) is 3.33. The fourth-order valence-corrected chi connectivity index (χ4v) is 4.65. The van der Waals surface area contributed by atoms with Crippen molar-refractivity contribution in [3.8, 4) is 10.6 Å². The Morgan fingerprint density at radius 3 is 2.59 bits per heavy atom. The maximum Gasteiger partial charge on any atom is 0.232 e. The van der Waals surface area contributed by atoms with Crippen LogP contribution in [0.5, 0.6) is 0 Å². The van der Waals surface area contributed by atoms with Crippen LogP contribution in [0.15, 0.2) is 29.6 Å². The first kappa shape index (κ1) is 20.1. The molecule has 0 unspecified atom stereocenters. The molecule has 1 amide bonds. The van der Waals surface area contributed by atoms with Gasteiger partial charge in [-0.25, -0.2) is 4.98 Å². The van der Waals surface area contributed by atoms with E-state index in [-0.39, 0.29) is 12.3 Å². The van der Waals surface area contributed by atoms with Crippen LogP contribution in [0, 0.1) is 6.92 Å². The van der Waals surface area contributed by atoms with Crippen molar-refractivity contribution in [1.29, 1.82) is 0 Å². The van der Waals surface area contributed by atoms with Crippen molar-refractivity contribution in [2.45, 2.75) is 19.9 Å². The number of anilines is 1. The number of nitrogens with zero attached hydrogens (tertiary/aromatic N) is 5. The number of aryl methyl sites for hydroxylation is 1. The molecule has 1 aliphatic heterocycles. The van der Waals surface area contributed by atoms with E-state index in [9.17, 15) is 4.79 Å². The van der Waals surface area contributed by atoms with E-state index in [1.54, 1.807) is 11.3 Å². The number of likely N-dealkylation sites (N-methyl/N-ethyl adjacent to an activating group) is 1. The van der Waals surface area contributed by atoms with E-state index in [1.807, 2.05) is 12.3 Å². The van der Waals surface area contributed by atoms with Crippen LogP contribution < -0.4 is 5.32 Å². The summed E-state index contributed by atoms with van der Waals surface area (Å²) in [6.07, 6.45) is 0.233. The molecule has 0 atom stereocenters. The number of piperazine rings is 1. The van der Waals surface area contributed by atoms with Gasteiger partial charge in [0.05, 0.1) is 12.1 Å². The van der Waals surface area contributed by atoms with Crippen LogP contribution in [0.1, 0.15) is 16.3 Å². The topological polar surface area (TPSA) is 74.2 Å². The zero-order valence-corrected chi connectivity index (χ0v) is 18.2. The largest absolute Gasteiger partial charge is 0.304 e. The molecule has 0 aliphatic carbocycles. The van der Waals surface area contributed by atoms with Gasteiger partial charge in [0.1, 0.15) is 10.0 Å². The van der Waals surface area contributed by atoms with Crippen LogP contribution in [-0.2, 0) is 17.8 Å². The molecule has 1 saturated heterocycles. The Kier molecular flexibility index (Phi) is 6.29. The average molecular weight is 429 g/mol. The summed E-state index contributed by atoms with van der Waals surface area (Å²) in [6, 6.07) is 8.61. The molecule has 0 spiro atoms. The van der Waals surface area contributed by atoms with E-state index in [1.165, 1.54) is 16.9 Å². The van der Waals surface area contributed by atoms with E-state index in [4.69, 9.17) is 0 Å². The second-order valence-electron chi connectivity index (χ2n) is 7.27. The summed E-state index contributed by atoms with van der Waals surface area (Å²) in [5, 5.41) is 14.8. The lowest BCUT2D eigenvalue weighted by Crippen LogP contribution is -2.43.